The summed E-state index contributed by atoms with van der Waals surface area (Å²) in [4.78, 5) is 132. The monoisotopic (exact) mass is 1790 g/mol. The molecule has 668 valence electrons. The fourth-order valence-electron chi connectivity index (χ4n) is 18.6. The van der Waals surface area contributed by atoms with Crippen molar-refractivity contribution >= 4 is 124 Å². The van der Waals surface area contributed by atoms with Crippen LogP contribution in [0.25, 0.3) is 43.2 Å². The van der Waals surface area contributed by atoms with Crippen LogP contribution in [0.2, 0.25) is 5.28 Å². The topological polar surface area (TPSA) is 369 Å². The highest BCUT2D eigenvalue weighted by Crippen LogP contribution is 2.59. The third-order valence-electron chi connectivity index (χ3n) is 25.6. The maximum absolute atomic E-state index is 14.7. The second kappa shape index (κ2) is 37.4. The molecule has 6 aliphatic carbocycles. The molecule has 2 saturated heterocycles. The van der Waals surface area contributed by atoms with Gasteiger partial charge in [0.05, 0.1) is 68.5 Å². The molecule has 6 aromatic rings. The smallest absolute Gasteiger partial charge is 0.408 e. The van der Waals surface area contributed by atoms with Crippen LogP contribution >= 0.6 is 34.3 Å². The summed E-state index contributed by atoms with van der Waals surface area (Å²) in [5.41, 5.74) is 4.05. The Hall–Kier alpha value is -8.17. The number of nitrogens with zero attached hydrogens (tertiary/aromatic N) is 8. The molecule has 6 amide bonds. The van der Waals surface area contributed by atoms with Crippen molar-refractivity contribution in [1.29, 1.82) is 0 Å². The first kappa shape index (κ1) is 91.1. The lowest BCUT2D eigenvalue weighted by Crippen LogP contribution is -2.53. The number of carbonyl (C=O) groups is 8. The number of thiazole rings is 2. The number of rotatable bonds is 16. The Morgan fingerprint density at radius 3 is 1.41 bits per heavy atom. The standard InChI is InChI=1S/C45H60N6O8S2.C27H41N3O8S.C18H20ClN3S/c1-27(2)51-35-19-13-17-32(39-46-34(26-60-39)28-14-11-12-15-28)38(35)48-42(51)58-30-22-36-37(52)24-45(41(54)49-61(56,57)31-20-21-31)23-29(45)16-9-7-6-8-10-18-33(40(53)50(36)25-30)47-43(55)59-44(3,4)5;1-26(2,3)38-25(35)28-20-10-8-6-4-5-7-9-17-14-27(17,24(34)29-39(36,37)19-11-12-19)15-22(32)21-13-18(31)16-30(21)23(20)33;1-11(2)22-15-9-5-8-13(16(15)21-18(22)19)17-20-14(10-23-17)12-6-3-4-7-12/h9,13,16-17,19,26-31,33,36H,6-8,10-12,14-15,18,20-25H2,1-5H3,(H,47,55)(H,49,54);7,9,17-21,31H,4-6,8,10-16H2,1-3H3,(H,28,35)(H,29,34);5,8-12H,3-4,6-7H2,1-2H3/b16-9-;9-7-;/t29-,30-,33+,36+,45-;17-,18-,20+,21+,27-;/m11./s1. The van der Waals surface area contributed by atoms with Crippen LogP contribution in [0, 0.1) is 22.7 Å². The number of fused-ring (bicyclic) bond motifs is 6. The van der Waals surface area contributed by atoms with E-state index in [4.69, 9.17) is 40.8 Å². The van der Waals surface area contributed by atoms with Gasteiger partial charge in [0.15, 0.2) is 11.6 Å². The van der Waals surface area contributed by atoms with Gasteiger partial charge in [-0.25, -0.2) is 41.4 Å². The van der Waals surface area contributed by atoms with E-state index in [1.165, 1.54) is 54.0 Å². The number of nitrogens with one attached hydrogen (secondary N) is 4. The summed E-state index contributed by atoms with van der Waals surface area (Å²) in [6, 6.07) is 9.01. The summed E-state index contributed by atoms with van der Waals surface area (Å²) in [7, 11) is -7.65. The molecule has 16 rings (SSSR count). The normalized spacial score (nSPS) is 27.0. The van der Waals surface area contributed by atoms with E-state index in [1.54, 1.807) is 64.2 Å². The maximum atomic E-state index is 14.7. The number of aromatic nitrogens is 6. The van der Waals surface area contributed by atoms with Crippen LogP contribution in [-0.4, -0.2) is 179 Å². The van der Waals surface area contributed by atoms with E-state index in [2.05, 4.69) is 86.3 Å². The summed E-state index contributed by atoms with van der Waals surface area (Å²) in [6.07, 6.45) is 23.7. The lowest BCUT2D eigenvalue weighted by molar-refractivity contribution is -0.140. The number of aliphatic hydroxyl groups is 1. The van der Waals surface area contributed by atoms with E-state index in [-0.39, 0.29) is 68.5 Å². The molecule has 4 aromatic heterocycles. The highest BCUT2D eigenvalue weighted by atomic mass is 35.5. The van der Waals surface area contributed by atoms with Crippen LogP contribution in [0.1, 0.15) is 284 Å². The van der Waals surface area contributed by atoms with E-state index in [0.717, 1.165) is 100 Å². The lowest BCUT2D eigenvalue weighted by atomic mass is 9.91. The quantitative estimate of drug-likeness (QED) is 0.0562. The molecule has 5 N–H and O–H groups in total. The number of ether oxygens (including phenoxy) is 3. The Bertz CT molecular complexity index is 5230. The first-order chi connectivity index (χ1) is 58.4. The van der Waals surface area contributed by atoms with E-state index in [9.17, 15) is 60.3 Å². The third kappa shape index (κ3) is 21.4. The molecule has 8 heterocycles. The molecule has 8 fully saturated rings. The second-order valence-electron chi connectivity index (χ2n) is 38.1. The van der Waals surface area contributed by atoms with Gasteiger partial charge in [-0.3, -0.25) is 42.8 Å². The van der Waals surface area contributed by atoms with Crippen molar-refractivity contribution in [3.63, 3.8) is 0 Å². The second-order valence-corrected chi connectivity index (χ2v) is 44.1. The molecule has 33 heteroatoms. The number of carbonyl (C=O) groups excluding carboxylic acids is 8. The number of halogens is 1. The van der Waals surface area contributed by atoms with Crippen molar-refractivity contribution in [2.45, 2.75) is 331 Å². The van der Waals surface area contributed by atoms with Crippen LogP contribution in [0.3, 0.4) is 0 Å². The van der Waals surface area contributed by atoms with Crippen LogP contribution in [0.5, 0.6) is 6.01 Å². The van der Waals surface area contributed by atoms with Crippen molar-refractivity contribution in [2.24, 2.45) is 22.7 Å². The number of amides is 6. The van der Waals surface area contributed by atoms with E-state index in [0.29, 0.717) is 87.3 Å². The molecule has 0 radical (unpaired) electrons. The number of hydrogen-bond acceptors (Lipinski definition) is 22. The minimum atomic E-state index is -3.86. The Kier molecular flexibility index (Phi) is 27.7. The van der Waals surface area contributed by atoms with Gasteiger partial charge in [-0.1, -0.05) is 87.8 Å². The van der Waals surface area contributed by atoms with Crippen LogP contribution < -0.4 is 24.8 Å². The number of alkyl carbamates (subject to hydrolysis) is 2. The zero-order chi connectivity index (χ0) is 87.8. The minimum Gasteiger partial charge on any atom is -0.459 e. The van der Waals surface area contributed by atoms with Crippen LogP contribution in [0.4, 0.5) is 9.59 Å². The predicted molar refractivity (Wildman–Crippen MR) is 472 cm³/mol. The average Bonchev–Trinajstić information content (AvgIpc) is 1.58. The SMILES string of the molecule is CC(C)(C)OC(=O)N[C@H]1CCCCC/C=C\[C@@H]2C[C@@]2(C(=O)NS(=O)(=O)C2CC2)CC(=O)[C@@H]2C[C@@H](O)CN2C1=O.CC(C)n1c(Cl)nc2c(-c3nc(C4CCCC4)cs3)cccc21.CC(C)n1c(O[C@@H]2C[C@H]3C(=O)C[C@]4(C(=O)NS(=O)(=O)C5CC5)C[C@H]4/C=C\CCCCC[C@H](NC(=O)OC(C)(C)C)C(=O)N3C2)nc2c(-c3nc(C4CCCC4)cs3)cccc21. The highest BCUT2D eigenvalue weighted by molar-refractivity contribution is 7.91. The molecule has 123 heavy (non-hydrogen) atoms. The average molecular weight is 1790 g/mol. The molecule has 10 atom stereocenters. The molecular weight excluding hydrogens is 1670 g/mol. The van der Waals surface area contributed by atoms with Gasteiger partial charge in [-0.15, -0.1) is 22.7 Å². The van der Waals surface area contributed by atoms with Crippen molar-refractivity contribution in [3.8, 4) is 27.2 Å². The first-order valence-corrected chi connectivity index (χ1v) is 49.7. The third-order valence-corrected chi connectivity index (χ3v) is 31.3. The van der Waals surface area contributed by atoms with Gasteiger partial charge in [0.1, 0.15) is 50.4 Å². The molecule has 6 saturated carbocycles. The maximum Gasteiger partial charge on any atom is 0.408 e. The van der Waals surface area contributed by atoms with Gasteiger partial charge in [-0.2, -0.15) is 4.98 Å². The van der Waals surface area contributed by atoms with Crippen molar-refractivity contribution in [3.05, 3.63) is 88.1 Å². The predicted octanol–water partition coefficient (Wildman–Crippen LogP) is 15.7. The first-order valence-electron chi connectivity index (χ1n) is 44.4. The Labute approximate surface area is 734 Å². The minimum absolute atomic E-state index is 0.0162. The molecule has 0 bridgehead atoms. The van der Waals surface area contributed by atoms with Gasteiger partial charge in [0.2, 0.25) is 49.0 Å². The number of ketones is 2. The zero-order valence-corrected chi connectivity index (χ0v) is 76.4. The van der Waals surface area contributed by atoms with Gasteiger partial charge in [0.25, 0.3) is 6.01 Å². The number of benzene rings is 2. The summed E-state index contributed by atoms with van der Waals surface area (Å²) in [6.45, 7) is 18.7. The Morgan fingerprint density at radius 2 is 0.967 bits per heavy atom. The fourth-order valence-corrected chi connectivity index (χ4v) is 23.6. The molecule has 0 unspecified atom stereocenters. The van der Waals surface area contributed by atoms with Crippen LogP contribution in [-0.2, 0) is 58.3 Å². The van der Waals surface area contributed by atoms with Gasteiger partial charge >= 0.3 is 12.2 Å². The summed E-state index contributed by atoms with van der Waals surface area (Å²) < 4.78 is 77.3. The summed E-state index contributed by atoms with van der Waals surface area (Å²) >= 11 is 9.71. The van der Waals surface area contributed by atoms with Crippen molar-refractivity contribution in [2.75, 3.05) is 13.1 Å². The fraction of sp³-hybridized carbons (Fsp3) is 0.644. The molecule has 2 aromatic carbocycles. The Balaban J connectivity index is 0.000000168. The zero-order valence-electron chi connectivity index (χ0n) is 72.4. The molecule has 28 nitrogen and oxygen atoms in total. The number of para-hydroxylation sites is 2. The van der Waals surface area contributed by atoms with Gasteiger partial charge in [-0.05, 0) is 220 Å². The van der Waals surface area contributed by atoms with E-state index < -0.39 is 131 Å². The highest BCUT2D eigenvalue weighted by Gasteiger charge is 2.63. The van der Waals surface area contributed by atoms with Crippen molar-refractivity contribution < 1.29 is 74.5 Å². The molecule has 0 spiro atoms. The van der Waals surface area contributed by atoms with Gasteiger partial charge in [0, 0.05) is 78.0 Å². The number of imidazole rings is 2. The van der Waals surface area contributed by atoms with Gasteiger partial charge < -0.3 is 44.3 Å². The number of sulfonamides is 2. The Morgan fingerprint density at radius 1 is 0.545 bits per heavy atom. The number of allylic oxidation sites excluding steroid dienone is 4. The number of hydrogen-bond donors (Lipinski definition) is 5. The summed E-state index contributed by atoms with van der Waals surface area (Å²) in [5, 5.41) is 21.6. The molecule has 4 aliphatic heterocycles. The summed E-state index contributed by atoms with van der Waals surface area (Å²) in [5.74, 6) is -2.49. The number of Topliss-reactive ketones (excluding diaryl/α,β-unsaturated/α-hetero) is 2. The molecule has 10 aliphatic rings. The van der Waals surface area contributed by atoms with E-state index >= 15 is 0 Å². The lowest BCUT2D eigenvalue weighted by Gasteiger charge is -2.30. The largest absolute Gasteiger partial charge is 0.459 e. The van der Waals surface area contributed by atoms with Crippen LogP contribution in [0.15, 0.2) is 71.5 Å². The van der Waals surface area contributed by atoms with E-state index in [1.807, 2.05) is 47.1 Å². The number of aliphatic hydroxyl groups excluding tert-OH is 1. The van der Waals surface area contributed by atoms with Crippen molar-refractivity contribution in [1.82, 2.24) is 58.9 Å². The molecular formula is C90H121ClN12O16S4.